The first-order chi connectivity index (χ1) is 17.9. The number of H-pyrrole nitrogens is 1. The summed E-state index contributed by atoms with van der Waals surface area (Å²) in [6.45, 7) is 0.510. The van der Waals surface area contributed by atoms with Gasteiger partial charge in [-0.3, -0.25) is 4.68 Å². The van der Waals surface area contributed by atoms with Gasteiger partial charge in [0.25, 0.3) is 6.01 Å². The Morgan fingerprint density at radius 3 is 2.92 bits per heavy atom. The average Bonchev–Trinajstić information content (AvgIpc) is 3.67. The number of imidazole rings is 1. The van der Waals surface area contributed by atoms with Gasteiger partial charge in [0.05, 0.1) is 35.5 Å². The molecular weight excluding hydrogens is 503 g/mol. The maximum absolute atomic E-state index is 15.3. The molecule has 0 radical (unpaired) electrons. The fourth-order valence-corrected chi connectivity index (χ4v) is 5.69. The molecular formula is C25H24ClFN6O4. The number of aromatic amines is 1. The molecule has 4 aromatic rings. The van der Waals surface area contributed by atoms with E-state index in [2.05, 4.69) is 25.4 Å². The molecule has 37 heavy (non-hydrogen) atoms. The van der Waals surface area contributed by atoms with Crippen LogP contribution in [0.3, 0.4) is 0 Å². The first-order valence-corrected chi connectivity index (χ1v) is 12.5. The average molecular weight is 527 g/mol. The first kappa shape index (κ1) is 22.9. The maximum Gasteiger partial charge on any atom is 0.296 e. The number of anilines is 1. The van der Waals surface area contributed by atoms with Crippen molar-refractivity contribution in [1.29, 1.82) is 0 Å². The zero-order valence-corrected chi connectivity index (χ0v) is 20.6. The predicted molar refractivity (Wildman–Crippen MR) is 132 cm³/mol. The topological polar surface area (TPSA) is 119 Å². The van der Waals surface area contributed by atoms with Crippen molar-refractivity contribution in [2.24, 2.45) is 7.05 Å². The molecule has 0 spiro atoms. The van der Waals surface area contributed by atoms with E-state index in [4.69, 9.17) is 25.8 Å². The Morgan fingerprint density at radius 1 is 1.22 bits per heavy atom. The van der Waals surface area contributed by atoms with Crippen molar-refractivity contribution in [3.05, 3.63) is 52.4 Å². The molecule has 5 atom stereocenters. The highest BCUT2D eigenvalue weighted by atomic mass is 35.5. The van der Waals surface area contributed by atoms with E-state index < -0.39 is 18.3 Å². The Balaban J connectivity index is 1.12. The Hall–Kier alpha value is -3.25. The molecule has 2 saturated heterocycles. The van der Waals surface area contributed by atoms with E-state index in [1.165, 1.54) is 6.07 Å². The van der Waals surface area contributed by atoms with Crippen LogP contribution in [0.5, 0.6) is 6.01 Å². The number of pyridine rings is 1. The summed E-state index contributed by atoms with van der Waals surface area (Å²) in [5, 5.41) is 18.0. The highest BCUT2D eigenvalue weighted by molar-refractivity contribution is 6.33. The van der Waals surface area contributed by atoms with Crippen LogP contribution >= 0.6 is 11.6 Å². The number of halogens is 2. The van der Waals surface area contributed by atoms with Crippen LogP contribution in [0.15, 0.2) is 30.5 Å². The van der Waals surface area contributed by atoms with Gasteiger partial charge < -0.3 is 29.6 Å². The van der Waals surface area contributed by atoms with Crippen LogP contribution in [0.1, 0.15) is 23.6 Å². The quantitative estimate of drug-likeness (QED) is 0.363. The molecule has 2 aliphatic heterocycles. The normalized spacial score (nSPS) is 26.5. The number of aromatic nitrogens is 5. The first-order valence-electron chi connectivity index (χ1n) is 12.2. The third kappa shape index (κ3) is 3.93. The summed E-state index contributed by atoms with van der Waals surface area (Å²) in [5.74, 6) is 0.141. The Bertz CT molecular complexity index is 1510. The lowest BCUT2D eigenvalue weighted by molar-refractivity contribution is 0.00706. The van der Waals surface area contributed by atoms with E-state index >= 15 is 4.39 Å². The van der Waals surface area contributed by atoms with Gasteiger partial charge in [0.15, 0.2) is 11.8 Å². The number of hydrogen-bond donors (Lipinski definition) is 3. The van der Waals surface area contributed by atoms with Crippen LogP contribution in [0, 0.1) is 5.82 Å². The number of nitrogens with zero attached hydrogens (tertiary/aromatic N) is 4. The molecule has 2 fully saturated rings. The highest BCUT2D eigenvalue weighted by Crippen LogP contribution is 2.39. The molecule has 0 saturated carbocycles. The summed E-state index contributed by atoms with van der Waals surface area (Å²) in [5.41, 5.74) is 4.08. The van der Waals surface area contributed by atoms with Gasteiger partial charge in [-0.05, 0) is 42.7 Å². The standard InChI is InChI=1S/C25H24ClFN6O4/c1-33-5-4-15(32-33)12-6-11-2-3-16(20(11)14(27)7-12)28-23-13(26)8-17-24(30-23)31-25(29-17)37-19-10-36-21-18(34)9-35-22(19)21/h4-8,16,18-19,21-22,34H,2-3,9-10H2,1H3,(H2,28,29,30,31)/t16-,18+,19+,21+,22+/m0/s1. The minimum atomic E-state index is -0.657. The lowest BCUT2D eigenvalue weighted by atomic mass is 10.0. The highest BCUT2D eigenvalue weighted by Gasteiger charge is 2.48. The number of aryl methyl sites for hydroxylation is 2. The van der Waals surface area contributed by atoms with Gasteiger partial charge in [0.1, 0.15) is 29.9 Å². The summed E-state index contributed by atoms with van der Waals surface area (Å²) < 4.78 is 34.1. The number of nitrogens with one attached hydrogen (secondary N) is 2. The summed E-state index contributed by atoms with van der Waals surface area (Å²) in [6.07, 6.45) is 1.47. The van der Waals surface area contributed by atoms with Crippen LogP contribution < -0.4 is 10.1 Å². The van der Waals surface area contributed by atoms with E-state index in [1.807, 2.05) is 25.4 Å². The summed E-state index contributed by atoms with van der Waals surface area (Å²) >= 11 is 6.54. The maximum atomic E-state index is 15.3. The SMILES string of the molecule is Cn1ccc(-c2cc(F)c3c(c2)CC[C@@H]3Nc2nc3nc(O[C@@H]4CO[C@H]5[C@@H]4OC[C@H]5O)[nH]c3cc2Cl)n1. The van der Waals surface area contributed by atoms with Gasteiger partial charge >= 0.3 is 0 Å². The van der Waals surface area contributed by atoms with Crippen molar-refractivity contribution in [2.45, 2.75) is 43.3 Å². The van der Waals surface area contributed by atoms with Gasteiger partial charge in [0.2, 0.25) is 0 Å². The van der Waals surface area contributed by atoms with Gasteiger partial charge in [0, 0.05) is 24.4 Å². The molecule has 192 valence electrons. The van der Waals surface area contributed by atoms with Crippen LogP contribution in [0.4, 0.5) is 10.2 Å². The minimum absolute atomic E-state index is 0.219. The third-order valence-electron chi connectivity index (χ3n) is 7.24. The van der Waals surface area contributed by atoms with Gasteiger partial charge in [-0.25, -0.2) is 9.37 Å². The van der Waals surface area contributed by atoms with Crippen LogP contribution in [-0.4, -0.2) is 67.5 Å². The number of benzene rings is 1. The van der Waals surface area contributed by atoms with Crippen molar-refractivity contribution in [1.82, 2.24) is 24.7 Å². The van der Waals surface area contributed by atoms with Crippen LogP contribution in [-0.2, 0) is 22.9 Å². The molecule has 3 aromatic heterocycles. The number of rotatable bonds is 5. The smallest absolute Gasteiger partial charge is 0.296 e. The number of hydrogen-bond acceptors (Lipinski definition) is 8. The van der Waals surface area contributed by atoms with E-state index in [9.17, 15) is 5.11 Å². The number of aliphatic hydroxyl groups is 1. The van der Waals surface area contributed by atoms with Crippen molar-refractivity contribution in [3.63, 3.8) is 0 Å². The number of aliphatic hydroxyl groups excluding tert-OH is 1. The second-order valence-electron chi connectivity index (χ2n) is 9.69. The van der Waals surface area contributed by atoms with E-state index in [1.54, 1.807) is 10.7 Å². The molecule has 0 unspecified atom stereocenters. The second-order valence-corrected chi connectivity index (χ2v) is 10.1. The Morgan fingerprint density at radius 2 is 2.08 bits per heavy atom. The summed E-state index contributed by atoms with van der Waals surface area (Å²) in [4.78, 5) is 12.1. The van der Waals surface area contributed by atoms with E-state index in [0.29, 0.717) is 40.6 Å². The Labute approximate surface area is 215 Å². The molecule has 1 aliphatic carbocycles. The largest absolute Gasteiger partial charge is 0.456 e. The lowest BCUT2D eigenvalue weighted by Crippen LogP contribution is -2.34. The minimum Gasteiger partial charge on any atom is -0.456 e. The fraction of sp³-hybridized carbons (Fsp3) is 0.400. The monoisotopic (exact) mass is 526 g/mol. The van der Waals surface area contributed by atoms with E-state index in [0.717, 1.165) is 23.2 Å². The second kappa shape index (κ2) is 8.66. The zero-order valence-electron chi connectivity index (χ0n) is 19.8. The lowest BCUT2D eigenvalue weighted by Gasteiger charge is -2.17. The van der Waals surface area contributed by atoms with Gasteiger partial charge in [-0.2, -0.15) is 10.1 Å². The van der Waals surface area contributed by atoms with Crippen molar-refractivity contribution < 1.29 is 23.7 Å². The van der Waals surface area contributed by atoms with Gasteiger partial charge in [-0.1, -0.05) is 11.6 Å². The molecule has 12 heteroatoms. The molecule has 3 N–H and O–H groups in total. The van der Waals surface area contributed by atoms with Crippen molar-refractivity contribution in [3.8, 4) is 17.3 Å². The third-order valence-corrected chi connectivity index (χ3v) is 7.52. The van der Waals surface area contributed by atoms with Crippen LogP contribution in [0.25, 0.3) is 22.4 Å². The number of ether oxygens (including phenoxy) is 3. The molecule has 0 bridgehead atoms. The molecule has 10 nitrogen and oxygen atoms in total. The predicted octanol–water partition coefficient (Wildman–Crippen LogP) is 3.16. The van der Waals surface area contributed by atoms with Crippen LogP contribution in [0.2, 0.25) is 5.02 Å². The molecule has 3 aliphatic rings. The molecule has 5 heterocycles. The van der Waals surface area contributed by atoms with Crippen molar-refractivity contribution in [2.75, 3.05) is 18.5 Å². The van der Waals surface area contributed by atoms with E-state index in [-0.39, 0.29) is 30.6 Å². The zero-order chi connectivity index (χ0) is 25.3. The number of fused-ring (bicyclic) bond motifs is 3. The summed E-state index contributed by atoms with van der Waals surface area (Å²) in [6, 6.07) is 7.10. The molecule has 7 rings (SSSR count). The molecule has 0 amide bonds. The summed E-state index contributed by atoms with van der Waals surface area (Å²) in [7, 11) is 1.84. The van der Waals surface area contributed by atoms with Gasteiger partial charge in [-0.15, -0.1) is 0 Å². The Kier molecular flexibility index (Phi) is 5.36. The molecule has 1 aromatic carbocycles. The fourth-order valence-electron chi connectivity index (χ4n) is 5.48. The van der Waals surface area contributed by atoms with Crippen molar-refractivity contribution >= 4 is 28.6 Å².